The Balaban J connectivity index is 1.51. The molecule has 4 heteroatoms. The Hall–Kier alpha value is -2.07. The van der Waals surface area contributed by atoms with Crippen LogP contribution < -0.4 is 0 Å². The third-order valence-electron chi connectivity index (χ3n) is 3.42. The molecule has 20 heavy (non-hydrogen) atoms. The van der Waals surface area contributed by atoms with E-state index in [1.165, 1.54) is 5.39 Å². The predicted molar refractivity (Wildman–Crippen MR) is 79.4 cm³/mol. The minimum Gasteiger partial charge on any atom is -0.460 e. The maximum atomic E-state index is 5.83. The number of imidazole rings is 1. The molecule has 0 unspecified atom stereocenters. The van der Waals surface area contributed by atoms with Crippen LogP contribution in [0.3, 0.4) is 0 Å². The van der Waals surface area contributed by atoms with Crippen molar-refractivity contribution in [1.29, 1.82) is 0 Å². The Morgan fingerprint density at radius 2 is 2.20 bits per heavy atom. The van der Waals surface area contributed by atoms with E-state index >= 15 is 0 Å². The molecule has 0 aliphatic heterocycles. The molecule has 0 bridgehead atoms. The average Bonchev–Trinajstić information content (AvgIpc) is 3.06. The highest BCUT2D eigenvalue weighted by Crippen LogP contribution is 2.19. The van der Waals surface area contributed by atoms with E-state index in [4.69, 9.17) is 4.42 Å². The minimum absolute atomic E-state index is 0.846. The Kier molecular flexibility index (Phi) is 3.83. The highest BCUT2D eigenvalue weighted by molar-refractivity contribution is 5.77. The fourth-order valence-electron chi connectivity index (χ4n) is 2.40. The molecule has 1 aromatic carbocycles. The molecule has 0 N–H and O–H groups in total. The van der Waals surface area contributed by atoms with Crippen molar-refractivity contribution in [2.24, 2.45) is 0 Å². The molecule has 0 atom stereocenters. The van der Waals surface area contributed by atoms with Gasteiger partial charge in [-0.3, -0.25) is 4.90 Å². The molecule has 0 amide bonds. The van der Waals surface area contributed by atoms with E-state index in [0.717, 1.165) is 37.4 Å². The van der Waals surface area contributed by atoms with Crippen molar-refractivity contribution in [2.45, 2.75) is 19.5 Å². The van der Waals surface area contributed by atoms with Gasteiger partial charge in [-0.1, -0.05) is 18.2 Å². The summed E-state index contributed by atoms with van der Waals surface area (Å²) in [6.45, 7) is 2.89. The number of rotatable bonds is 6. The fourth-order valence-corrected chi connectivity index (χ4v) is 2.40. The molecule has 2 aromatic heterocycles. The van der Waals surface area contributed by atoms with Gasteiger partial charge < -0.3 is 8.98 Å². The zero-order valence-corrected chi connectivity index (χ0v) is 11.7. The van der Waals surface area contributed by atoms with Crippen LogP contribution in [-0.4, -0.2) is 28.0 Å². The van der Waals surface area contributed by atoms with Crippen LogP contribution in [0.1, 0.15) is 12.2 Å². The van der Waals surface area contributed by atoms with Crippen LogP contribution in [0, 0.1) is 0 Å². The lowest BCUT2D eigenvalue weighted by atomic mass is 10.2. The normalized spacial score (nSPS) is 11.5. The van der Waals surface area contributed by atoms with Gasteiger partial charge >= 0.3 is 0 Å². The lowest BCUT2D eigenvalue weighted by Crippen LogP contribution is -2.19. The fraction of sp³-hybridized carbons (Fsp3) is 0.312. The van der Waals surface area contributed by atoms with E-state index in [9.17, 15) is 0 Å². The van der Waals surface area contributed by atoms with Gasteiger partial charge in [-0.05, 0) is 25.6 Å². The quantitative estimate of drug-likeness (QED) is 0.689. The van der Waals surface area contributed by atoms with E-state index in [1.54, 1.807) is 0 Å². The molecule has 0 fully saturated rings. The van der Waals surface area contributed by atoms with E-state index in [0.29, 0.717) is 0 Å². The smallest absolute Gasteiger partial charge is 0.134 e. The second kappa shape index (κ2) is 5.92. The molecular weight excluding hydrogens is 250 g/mol. The van der Waals surface area contributed by atoms with E-state index in [1.807, 2.05) is 36.9 Å². The van der Waals surface area contributed by atoms with Gasteiger partial charge in [-0.25, -0.2) is 4.98 Å². The van der Waals surface area contributed by atoms with E-state index in [2.05, 4.69) is 33.6 Å². The van der Waals surface area contributed by atoms with Crippen molar-refractivity contribution in [3.05, 3.63) is 54.8 Å². The van der Waals surface area contributed by atoms with Crippen LogP contribution in [0.4, 0.5) is 0 Å². The van der Waals surface area contributed by atoms with Crippen molar-refractivity contribution in [3.8, 4) is 0 Å². The largest absolute Gasteiger partial charge is 0.460 e. The molecule has 0 spiro atoms. The average molecular weight is 269 g/mol. The van der Waals surface area contributed by atoms with Gasteiger partial charge in [0, 0.05) is 30.9 Å². The van der Waals surface area contributed by atoms with Crippen LogP contribution in [0.25, 0.3) is 11.0 Å². The molecule has 0 saturated carbocycles. The molecule has 4 nitrogen and oxygen atoms in total. The first-order valence-corrected chi connectivity index (χ1v) is 6.93. The standard InChI is InChI=1S/C16H19N3O/c1-18(8-4-9-19-10-7-17-13-19)12-15-11-14-5-2-3-6-16(14)20-15/h2-3,5-7,10-11,13H,4,8-9,12H2,1H3. The highest BCUT2D eigenvalue weighted by Gasteiger charge is 2.06. The summed E-state index contributed by atoms with van der Waals surface area (Å²) in [6, 6.07) is 10.3. The van der Waals surface area contributed by atoms with E-state index in [-0.39, 0.29) is 0 Å². The van der Waals surface area contributed by atoms with Crippen LogP contribution in [-0.2, 0) is 13.1 Å². The molecular formula is C16H19N3O. The summed E-state index contributed by atoms with van der Waals surface area (Å²) in [5.74, 6) is 1.02. The summed E-state index contributed by atoms with van der Waals surface area (Å²) in [6.07, 6.45) is 6.78. The third kappa shape index (κ3) is 3.08. The highest BCUT2D eigenvalue weighted by atomic mass is 16.3. The van der Waals surface area contributed by atoms with Gasteiger partial charge in [0.2, 0.25) is 0 Å². The van der Waals surface area contributed by atoms with Gasteiger partial charge in [-0.2, -0.15) is 0 Å². The van der Waals surface area contributed by atoms with Crippen molar-refractivity contribution in [2.75, 3.05) is 13.6 Å². The number of aromatic nitrogens is 2. The lowest BCUT2D eigenvalue weighted by molar-refractivity contribution is 0.289. The molecule has 104 valence electrons. The molecule has 2 heterocycles. The number of fused-ring (bicyclic) bond motifs is 1. The zero-order chi connectivity index (χ0) is 13.8. The third-order valence-corrected chi connectivity index (χ3v) is 3.42. The number of hydrogen-bond donors (Lipinski definition) is 0. The maximum absolute atomic E-state index is 5.83. The second-order valence-electron chi connectivity index (χ2n) is 5.14. The van der Waals surface area contributed by atoms with Crippen molar-refractivity contribution in [1.82, 2.24) is 14.5 Å². The lowest BCUT2D eigenvalue weighted by Gasteiger charge is -2.14. The monoisotopic (exact) mass is 269 g/mol. The topological polar surface area (TPSA) is 34.2 Å². The summed E-state index contributed by atoms with van der Waals surface area (Å²) >= 11 is 0. The van der Waals surface area contributed by atoms with Gasteiger partial charge in [0.25, 0.3) is 0 Å². The second-order valence-corrected chi connectivity index (χ2v) is 5.14. The number of aryl methyl sites for hydroxylation is 1. The maximum Gasteiger partial charge on any atom is 0.134 e. The zero-order valence-electron chi connectivity index (χ0n) is 11.7. The molecule has 3 rings (SSSR count). The Labute approximate surface area is 118 Å². The number of furan rings is 1. The first-order chi connectivity index (χ1) is 9.81. The van der Waals surface area contributed by atoms with Crippen LogP contribution >= 0.6 is 0 Å². The summed E-state index contributed by atoms with van der Waals surface area (Å²) in [7, 11) is 2.13. The minimum atomic E-state index is 0.846. The summed E-state index contributed by atoms with van der Waals surface area (Å²) in [5.41, 5.74) is 0.967. The van der Waals surface area contributed by atoms with Crippen LogP contribution in [0.2, 0.25) is 0 Å². The van der Waals surface area contributed by atoms with Crippen LogP contribution in [0.15, 0.2) is 53.5 Å². The van der Waals surface area contributed by atoms with Crippen molar-refractivity contribution in [3.63, 3.8) is 0 Å². The molecule has 0 aliphatic carbocycles. The Morgan fingerprint density at radius 1 is 1.30 bits per heavy atom. The van der Waals surface area contributed by atoms with Gasteiger partial charge in [0.15, 0.2) is 0 Å². The number of nitrogens with zero attached hydrogens (tertiary/aromatic N) is 3. The first kappa shape index (κ1) is 12.9. The first-order valence-electron chi connectivity index (χ1n) is 6.93. The number of benzene rings is 1. The van der Waals surface area contributed by atoms with Gasteiger partial charge in [-0.15, -0.1) is 0 Å². The van der Waals surface area contributed by atoms with E-state index < -0.39 is 0 Å². The van der Waals surface area contributed by atoms with Gasteiger partial charge in [0.1, 0.15) is 11.3 Å². The number of hydrogen-bond acceptors (Lipinski definition) is 3. The van der Waals surface area contributed by atoms with Gasteiger partial charge in [0.05, 0.1) is 12.9 Å². The summed E-state index contributed by atoms with van der Waals surface area (Å²) in [5, 5.41) is 1.18. The SMILES string of the molecule is CN(CCCn1ccnc1)Cc1cc2ccccc2o1. The number of para-hydroxylation sites is 1. The van der Waals surface area contributed by atoms with Crippen molar-refractivity contribution >= 4 is 11.0 Å². The molecule has 0 saturated heterocycles. The summed E-state index contributed by atoms with van der Waals surface area (Å²) < 4.78 is 7.94. The Bertz CT molecular complexity index is 624. The summed E-state index contributed by atoms with van der Waals surface area (Å²) in [4.78, 5) is 6.33. The van der Waals surface area contributed by atoms with Crippen LogP contribution in [0.5, 0.6) is 0 Å². The Morgan fingerprint density at radius 3 is 3.00 bits per heavy atom. The predicted octanol–water partition coefficient (Wildman–Crippen LogP) is 3.15. The molecule has 0 radical (unpaired) electrons. The molecule has 0 aliphatic rings. The molecule has 3 aromatic rings. The van der Waals surface area contributed by atoms with Crippen molar-refractivity contribution < 1.29 is 4.42 Å².